The van der Waals surface area contributed by atoms with Gasteiger partial charge in [0.2, 0.25) is 11.8 Å². The average Bonchev–Trinajstić information content (AvgIpc) is 2.92. The van der Waals surface area contributed by atoms with Crippen molar-refractivity contribution in [3.05, 3.63) is 94.5 Å². The Kier molecular flexibility index (Phi) is 10.2. The molecule has 7 nitrogen and oxygen atoms in total. The number of carbonyl (C=O) groups is 2. The predicted molar refractivity (Wildman–Crippen MR) is 156 cm³/mol. The summed E-state index contributed by atoms with van der Waals surface area (Å²) in [6.07, 6.45) is 0.729. The molecule has 0 radical (unpaired) electrons. The zero-order chi connectivity index (χ0) is 28.7. The van der Waals surface area contributed by atoms with Gasteiger partial charge in [-0.1, -0.05) is 67.1 Å². The first-order valence-electron chi connectivity index (χ1n) is 12.9. The highest BCUT2D eigenvalue weighted by Crippen LogP contribution is 2.29. The van der Waals surface area contributed by atoms with E-state index >= 15 is 0 Å². The molecule has 3 aromatic rings. The molecule has 0 aliphatic heterocycles. The maximum absolute atomic E-state index is 14.0. The van der Waals surface area contributed by atoms with Crippen molar-refractivity contribution in [1.82, 2.24) is 10.2 Å². The van der Waals surface area contributed by atoms with Crippen molar-refractivity contribution < 1.29 is 18.0 Å². The van der Waals surface area contributed by atoms with Gasteiger partial charge in [-0.3, -0.25) is 13.9 Å². The maximum Gasteiger partial charge on any atom is 0.264 e. The minimum absolute atomic E-state index is 0.0413. The van der Waals surface area contributed by atoms with Gasteiger partial charge in [-0.25, -0.2) is 8.42 Å². The molecule has 0 aliphatic rings. The molecule has 0 saturated heterocycles. The summed E-state index contributed by atoms with van der Waals surface area (Å²) in [5, 5.41) is 3.38. The number of nitrogens with one attached hydrogen (secondary N) is 1. The van der Waals surface area contributed by atoms with E-state index in [1.807, 2.05) is 32.9 Å². The smallest absolute Gasteiger partial charge is 0.264 e. The second kappa shape index (κ2) is 13.1. The van der Waals surface area contributed by atoms with Gasteiger partial charge >= 0.3 is 0 Å². The van der Waals surface area contributed by atoms with Crippen LogP contribution in [0.5, 0.6) is 0 Å². The van der Waals surface area contributed by atoms with E-state index < -0.39 is 28.5 Å². The fourth-order valence-corrected chi connectivity index (χ4v) is 5.77. The molecule has 39 heavy (non-hydrogen) atoms. The van der Waals surface area contributed by atoms with Crippen molar-refractivity contribution >= 4 is 39.1 Å². The molecule has 0 aliphatic carbocycles. The molecule has 9 heteroatoms. The van der Waals surface area contributed by atoms with Crippen molar-refractivity contribution in [2.24, 2.45) is 0 Å². The number of hydrogen-bond donors (Lipinski definition) is 1. The van der Waals surface area contributed by atoms with E-state index in [0.717, 1.165) is 16.3 Å². The van der Waals surface area contributed by atoms with Crippen molar-refractivity contribution in [1.29, 1.82) is 0 Å². The molecular weight excluding hydrogens is 534 g/mol. The summed E-state index contributed by atoms with van der Waals surface area (Å²) in [7, 11) is -4.11. The first kappa shape index (κ1) is 30.2. The Bertz CT molecular complexity index is 1410. The zero-order valence-corrected chi connectivity index (χ0v) is 24.6. The van der Waals surface area contributed by atoms with Crippen molar-refractivity contribution in [3.8, 4) is 0 Å². The molecule has 2 amide bonds. The lowest BCUT2D eigenvalue weighted by atomic mass is 10.1. The maximum atomic E-state index is 14.0. The topological polar surface area (TPSA) is 86.8 Å². The van der Waals surface area contributed by atoms with Crippen molar-refractivity contribution in [2.45, 2.75) is 64.6 Å². The Labute approximate surface area is 236 Å². The zero-order valence-electron chi connectivity index (χ0n) is 23.0. The van der Waals surface area contributed by atoms with Crippen molar-refractivity contribution in [3.63, 3.8) is 0 Å². The number of benzene rings is 3. The van der Waals surface area contributed by atoms with E-state index in [9.17, 15) is 18.0 Å². The van der Waals surface area contributed by atoms with Crippen LogP contribution < -0.4 is 9.62 Å². The molecule has 3 aromatic carbocycles. The monoisotopic (exact) mass is 569 g/mol. The first-order valence-corrected chi connectivity index (χ1v) is 14.8. The lowest BCUT2D eigenvalue weighted by molar-refractivity contribution is -0.139. The fourth-order valence-electron chi connectivity index (χ4n) is 4.08. The highest BCUT2D eigenvalue weighted by Gasteiger charge is 2.33. The van der Waals surface area contributed by atoms with Crippen LogP contribution in [0.1, 0.15) is 43.9 Å². The summed E-state index contributed by atoms with van der Waals surface area (Å²) in [6.45, 7) is 8.70. The van der Waals surface area contributed by atoms with Crippen LogP contribution in [-0.4, -0.2) is 43.8 Å². The molecule has 0 bridgehead atoms. The van der Waals surface area contributed by atoms with Gasteiger partial charge in [-0.15, -0.1) is 0 Å². The third-order valence-corrected chi connectivity index (χ3v) is 8.85. The number of hydrogen-bond acceptors (Lipinski definition) is 4. The number of amides is 2. The van der Waals surface area contributed by atoms with E-state index in [-0.39, 0.29) is 23.4 Å². The summed E-state index contributed by atoms with van der Waals surface area (Å²) in [5.74, 6) is -0.851. The number of anilines is 1. The Morgan fingerprint density at radius 1 is 0.949 bits per heavy atom. The molecule has 0 aromatic heterocycles. The van der Waals surface area contributed by atoms with E-state index in [4.69, 9.17) is 11.6 Å². The van der Waals surface area contributed by atoms with Crippen LogP contribution in [0.2, 0.25) is 5.02 Å². The average molecular weight is 570 g/mol. The molecule has 0 unspecified atom stereocenters. The second-order valence-electron chi connectivity index (χ2n) is 9.72. The molecule has 0 saturated carbocycles. The van der Waals surface area contributed by atoms with Gasteiger partial charge in [0.15, 0.2) is 0 Å². The Morgan fingerprint density at radius 3 is 2.23 bits per heavy atom. The summed E-state index contributed by atoms with van der Waals surface area (Å²) in [4.78, 5) is 28.6. The van der Waals surface area contributed by atoms with Gasteiger partial charge in [0, 0.05) is 17.6 Å². The summed E-state index contributed by atoms with van der Waals surface area (Å²) >= 11 is 6.41. The number of aryl methyl sites for hydroxylation is 2. The van der Waals surface area contributed by atoms with Crippen LogP contribution in [-0.2, 0) is 26.2 Å². The highest BCUT2D eigenvalue weighted by molar-refractivity contribution is 7.92. The third-order valence-electron chi connectivity index (χ3n) is 6.71. The standard InChI is InChI=1S/C30H36ClN3O4S/c1-6-23(4)32-30(36)24(5)33(19-25-12-10-11-15-27(25)31)29(35)20-34(28-18-21(2)16-17-22(28)3)39(37,38)26-13-8-7-9-14-26/h7-18,23-24H,6,19-20H2,1-5H3,(H,32,36)/t23-,24+/m0/s1. The van der Waals surface area contributed by atoms with E-state index in [0.29, 0.717) is 21.8 Å². The SMILES string of the molecule is CC[C@H](C)NC(=O)[C@@H](C)N(Cc1ccccc1Cl)C(=O)CN(c1cc(C)ccc1C)S(=O)(=O)c1ccccc1. The molecule has 0 fully saturated rings. The largest absolute Gasteiger partial charge is 0.352 e. The van der Waals surface area contributed by atoms with Gasteiger partial charge in [-0.05, 0) is 75.1 Å². The van der Waals surface area contributed by atoms with Crippen LogP contribution in [0.25, 0.3) is 0 Å². The van der Waals surface area contributed by atoms with Gasteiger partial charge in [0.25, 0.3) is 10.0 Å². The summed E-state index contributed by atoms with van der Waals surface area (Å²) in [6, 6.07) is 19.6. The quantitative estimate of drug-likeness (QED) is 0.331. The van der Waals surface area contributed by atoms with Gasteiger partial charge < -0.3 is 10.2 Å². The second-order valence-corrected chi connectivity index (χ2v) is 12.0. The number of sulfonamides is 1. The third kappa shape index (κ3) is 7.40. The van der Waals surface area contributed by atoms with Crippen LogP contribution >= 0.6 is 11.6 Å². The minimum atomic E-state index is -4.11. The van der Waals surface area contributed by atoms with Gasteiger partial charge in [0.05, 0.1) is 10.6 Å². The lowest BCUT2D eigenvalue weighted by Crippen LogP contribution is -2.52. The first-order chi connectivity index (χ1) is 18.4. The molecule has 2 atom stereocenters. The Balaban J connectivity index is 2.07. The molecule has 0 spiro atoms. The highest BCUT2D eigenvalue weighted by atomic mass is 35.5. The Hall–Kier alpha value is -3.36. The predicted octanol–water partition coefficient (Wildman–Crippen LogP) is 5.48. The van der Waals surface area contributed by atoms with E-state index in [2.05, 4.69) is 5.32 Å². The van der Waals surface area contributed by atoms with E-state index in [1.165, 1.54) is 17.0 Å². The Morgan fingerprint density at radius 2 is 1.59 bits per heavy atom. The number of rotatable bonds is 11. The normalized spacial score (nSPS) is 12.9. The van der Waals surface area contributed by atoms with Gasteiger partial charge in [-0.2, -0.15) is 0 Å². The van der Waals surface area contributed by atoms with Crippen molar-refractivity contribution in [2.75, 3.05) is 10.8 Å². The molecule has 3 rings (SSSR count). The molecular formula is C30H36ClN3O4S. The van der Waals surface area contributed by atoms with Gasteiger partial charge in [0.1, 0.15) is 12.6 Å². The van der Waals surface area contributed by atoms with E-state index in [1.54, 1.807) is 62.4 Å². The molecule has 1 N–H and O–H groups in total. The molecule has 208 valence electrons. The summed E-state index contributed by atoms with van der Waals surface area (Å²) < 4.78 is 29.0. The lowest BCUT2D eigenvalue weighted by Gasteiger charge is -2.33. The number of carbonyl (C=O) groups excluding carboxylic acids is 2. The van der Waals surface area contributed by atoms with Crippen LogP contribution in [0.3, 0.4) is 0 Å². The fraction of sp³-hybridized carbons (Fsp3) is 0.333. The minimum Gasteiger partial charge on any atom is -0.352 e. The van der Waals surface area contributed by atoms with Crippen LogP contribution in [0.4, 0.5) is 5.69 Å². The molecule has 0 heterocycles. The van der Waals surface area contributed by atoms with Crippen LogP contribution in [0.15, 0.2) is 77.7 Å². The number of nitrogens with zero attached hydrogens (tertiary/aromatic N) is 2. The summed E-state index contributed by atoms with van der Waals surface area (Å²) in [5.41, 5.74) is 2.61. The number of halogens is 1. The van der Waals surface area contributed by atoms with Crippen LogP contribution in [0, 0.1) is 13.8 Å².